The molecule has 0 aromatic carbocycles. The van der Waals surface area contributed by atoms with Crippen molar-refractivity contribution in [3.05, 3.63) is 0 Å². The number of ether oxygens (including phenoxy) is 1. The first-order valence-electron chi connectivity index (χ1n) is 9.43. The summed E-state index contributed by atoms with van der Waals surface area (Å²) in [6.45, 7) is 3.90. The van der Waals surface area contributed by atoms with Crippen molar-refractivity contribution < 1.29 is 35.1 Å². The molecule has 1 aliphatic carbocycles. The summed E-state index contributed by atoms with van der Waals surface area (Å²) in [4.78, 5) is 11.8. The van der Waals surface area contributed by atoms with E-state index in [1.807, 2.05) is 0 Å². The third kappa shape index (κ3) is 5.62. The topological polar surface area (TPSA) is 127 Å². The number of rotatable bonds is 10. The molecule has 0 amide bonds. The summed E-state index contributed by atoms with van der Waals surface area (Å²) in [5.74, 6) is -0.622. The Morgan fingerprint density at radius 1 is 0.880 bits per heavy atom. The third-order valence-electron chi connectivity index (χ3n) is 4.98. The van der Waals surface area contributed by atoms with Gasteiger partial charge in [-0.2, -0.15) is 0 Å². The standard InChI is InChI=1S/C18H34O7/c1-3-5-6-7-8-9-11-18(24)16(23)14(21)13(20)15(22)17(18)25-12(19)10-4-2/h13-17,20-24H,3-11H2,1-2H3. The predicted octanol–water partition coefficient (Wildman–Crippen LogP) is 0.637. The van der Waals surface area contributed by atoms with Crippen molar-refractivity contribution in [3.63, 3.8) is 0 Å². The van der Waals surface area contributed by atoms with Gasteiger partial charge in [0.25, 0.3) is 0 Å². The Morgan fingerprint density at radius 3 is 2.08 bits per heavy atom. The highest BCUT2D eigenvalue weighted by Gasteiger charge is 2.59. The number of esters is 1. The number of hydrogen-bond donors (Lipinski definition) is 5. The molecular formula is C18H34O7. The molecule has 5 N–H and O–H groups in total. The second-order valence-electron chi connectivity index (χ2n) is 7.09. The van der Waals surface area contributed by atoms with E-state index < -0.39 is 42.1 Å². The van der Waals surface area contributed by atoms with Crippen LogP contribution >= 0.6 is 0 Å². The van der Waals surface area contributed by atoms with Gasteiger partial charge in [0.15, 0.2) is 6.10 Å². The molecule has 1 aliphatic rings. The van der Waals surface area contributed by atoms with E-state index in [9.17, 15) is 30.3 Å². The van der Waals surface area contributed by atoms with E-state index in [0.29, 0.717) is 12.8 Å². The van der Waals surface area contributed by atoms with Gasteiger partial charge in [0.2, 0.25) is 0 Å². The minimum atomic E-state index is -1.99. The summed E-state index contributed by atoms with van der Waals surface area (Å²) in [6, 6.07) is 0. The quantitative estimate of drug-likeness (QED) is 0.285. The maximum Gasteiger partial charge on any atom is 0.306 e. The van der Waals surface area contributed by atoms with E-state index in [4.69, 9.17) is 4.74 Å². The van der Waals surface area contributed by atoms with E-state index in [2.05, 4.69) is 6.92 Å². The van der Waals surface area contributed by atoms with E-state index in [0.717, 1.165) is 32.1 Å². The van der Waals surface area contributed by atoms with Gasteiger partial charge in [-0.3, -0.25) is 4.79 Å². The zero-order valence-corrected chi connectivity index (χ0v) is 15.3. The van der Waals surface area contributed by atoms with Crippen LogP contribution < -0.4 is 0 Å². The van der Waals surface area contributed by atoms with Crippen LogP contribution in [-0.2, 0) is 9.53 Å². The number of aliphatic hydroxyl groups excluding tert-OH is 4. The fourth-order valence-electron chi connectivity index (χ4n) is 3.38. The molecule has 0 aromatic rings. The van der Waals surface area contributed by atoms with Gasteiger partial charge in [0.05, 0.1) is 0 Å². The van der Waals surface area contributed by atoms with Gasteiger partial charge in [-0.1, -0.05) is 52.4 Å². The fraction of sp³-hybridized carbons (Fsp3) is 0.944. The Balaban J connectivity index is 2.80. The van der Waals surface area contributed by atoms with Crippen LogP contribution in [0.1, 0.15) is 71.6 Å². The lowest BCUT2D eigenvalue weighted by Crippen LogP contribution is -2.71. The number of carbonyl (C=O) groups excluding carboxylic acids is 1. The minimum Gasteiger partial charge on any atom is -0.456 e. The minimum absolute atomic E-state index is 0.0607. The summed E-state index contributed by atoms with van der Waals surface area (Å²) in [5.41, 5.74) is -1.99. The molecule has 0 saturated heterocycles. The van der Waals surface area contributed by atoms with Crippen molar-refractivity contribution >= 4 is 5.97 Å². The van der Waals surface area contributed by atoms with Crippen molar-refractivity contribution in [3.8, 4) is 0 Å². The van der Waals surface area contributed by atoms with Crippen molar-refractivity contribution in [1.29, 1.82) is 0 Å². The van der Waals surface area contributed by atoms with Gasteiger partial charge in [0, 0.05) is 6.42 Å². The number of aliphatic hydroxyl groups is 5. The first kappa shape index (κ1) is 22.3. The molecule has 1 rings (SSSR count). The Hall–Kier alpha value is -0.730. The Labute approximate surface area is 149 Å². The zero-order valence-electron chi connectivity index (χ0n) is 15.3. The summed E-state index contributed by atoms with van der Waals surface area (Å²) < 4.78 is 5.17. The highest BCUT2D eigenvalue weighted by Crippen LogP contribution is 2.36. The third-order valence-corrected chi connectivity index (χ3v) is 4.98. The Kier molecular flexibility index (Phi) is 9.30. The van der Waals surface area contributed by atoms with Gasteiger partial charge >= 0.3 is 5.97 Å². The van der Waals surface area contributed by atoms with Crippen LogP contribution in [0, 0.1) is 0 Å². The lowest BCUT2D eigenvalue weighted by atomic mass is 9.72. The molecule has 0 bridgehead atoms. The summed E-state index contributed by atoms with van der Waals surface area (Å²) in [5, 5.41) is 51.2. The van der Waals surface area contributed by atoms with Crippen molar-refractivity contribution in [2.45, 2.75) is 108 Å². The number of hydrogen-bond acceptors (Lipinski definition) is 7. The second kappa shape index (κ2) is 10.4. The van der Waals surface area contributed by atoms with Gasteiger partial charge in [-0.05, 0) is 12.8 Å². The number of unbranched alkanes of at least 4 members (excludes halogenated alkanes) is 5. The SMILES string of the molecule is CCCCCCCCC1(O)C(O)C(O)C(O)C(O)C1OC(=O)CCC. The molecule has 7 nitrogen and oxygen atoms in total. The lowest BCUT2D eigenvalue weighted by molar-refractivity contribution is -0.275. The zero-order chi connectivity index (χ0) is 19.0. The first-order valence-corrected chi connectivity index (χ1v) is 9.43. The average molecular weight is 362 g/mol. The van der Waals surface area contributed by atoms with Crippen LogP contribution in [0.4, 0.5) is 0 Å². The Bertz CT molecular complexity index is 403. The lowest BCUT2D eigenvalue weighted by Gasteiger charge is -2.49. The molecule has 0 aliphatic heterocycles. The van der Waals surface area contributed by atoms with E-state index in [-0.39, 0.29) is 12.8 Å². The summed E-state index contributed by atoms with van der Waals surface area (Å²) in [6.07, 6.45) is -1.87. The van der Waals surface area contributed by atoms with E-state index >= 15 is 0 Å². The molecule has 6 atom stereocenters. The predicted molar refractivity (Wildman–Crippen MR) is 91.8 cm³/mol. The normalized spacial score (nSPS) is 35.6. The van der Waals surface area contributed by atoms with Crippen molar-refractivity contribution in [1.82, 2.24) is 0 Å². The van der Waals surface area contributed by atoms with Crippen molar-refractivity contribution in [2.24, 2.45) is 0 Å². The molecule has 0 aromatic heterocycles. The van der Waals surface area contributed by atoms with Gasteiger partial charge in [-0.25, -0.2) is 0 Å². The largest absolute Gasteiger partial charge is 0.456 e. The maximum atomic E-state index is 11.8. The molecule has 6 unspecified atom stereocenters. The molecule has 0 radical (unpaired) electrons. The van der Waals surface area contributed by atoms with Crippen LogP contribution in [-0.4, -0.2) is 67.6 Å². The molecule has 0 heterocycles. The van der Waals surface area contributed by atoms with Crippen molar-refractivity contribution in [2.75, 3.05) is 0 Å². The molecule has 0 spiro atoms. The molecule has 25 heavy (non-hydrogen) atoms. The Morgan fingerprint density at radius 2 is 1.48 bits per heavy atom. The first-order chi connectivity index (χ1) is 11.8. The summed E-state index contributed by atoms with van der Waals surface area (Å²) >= 11 is 0. The highest BCUT2D eigenvalue weighted by atomic mass is 16.6. The average Bonchev–Trinajstić information content (AvgIpc) is 2.59. The smallest absolute Gasteiger partial charge is 0.306 e. The van der Waals surface area contributed by atoms with Crippen LogP contribution in [0.3, 0.4) is 0 Å². The molecular weight excluding hydrogens is 328 g/mol. The van der Waals surface area contributed by atoms with Crippen LogP contribution in [0.2, 0.25) is 0 Å². The van der Waals surface area contributed by atoms with Gasteiger partial charge in [-0.15, -0.1) is 0 Å². The fourth-order valence-corrected chi connectivity index (χ4v) is 3.38. The molecule has 148 valence electrons. The highest BCUT2D eigenvalue weighted by molar-refractivity contribution is 5.69. The second-order valence-corrected chi connectivity index (χ2v) is 7.09. The molecule has 7 heteroatoms. The van der Waals surface area contributed by atoms with Crippen LogP contribution in [0.25, 0.3) is 0 Å². The van der Waals surface area contributed by atoms with E-state index in [1.165, 1.54) is 0 Å². The van der Waals surface area contributed by atoms with Crippen LogP contribution in [0.5, 0.6) is 0 Å². The molecule has 1 saturated carbocycles. The maximum absolute atomic E-state index is 11.8. The van der Waals surface area contributed by atoms with E-state index in [1.54, 1.807) is 6.92 Å². The number of carbonyl (C=O) groups is 1. The summed E-state index contributed by atoms with van der Waals surface area (Å²) in [7, 11) is 0. The molecule has 1 fully saturated rings. The van der Waals surface area contributed by atoms with Crippen LogP contribution in [0.15, 0.2) is 0 Å². The van der Waals surface area contributed by atoms with Gasteiger partial charge in [0.1, 0.15) is 30.0 Å². The monoisotopic (exact) mass is 362 g/mol. The van der Waals surface area contributed by atoms with Gasteiger partial charge < -0.3 is 30.3 Å².